The van der Waals surface area contributed by atoms with Gasteiger partial charge in [0.15, 0.2) is 6.61 Å². The van der Waals surface area contributed by atoms with Crippen LogP contribution < -0.4 is 4.74 Å². The zero-order valence-corrected chi connectivity index (χ0v) is 19.3. The second-order valence-electron chi connectivity index (χ2n) is 8.22. The SMILES string of the molecule is Cc1c(CC(=O)O)cccc1OCCON=C(CC(C)C)c1ccc(-c2ccccn2)cc1. The Bertz CT molecular complexity index is 1080. The molecule has 3 rings (SSSR count). The molecule has 2 aromatic carbocycles. The third-order valence-electron chi connectivity index (χ3n) is 5.13. The van der Waals surface area contributed by atoms with Crippen molar-refractivity contribution in [3.8, 4) is 17.0 Å². The molecule has 0 atom stereocenters. The number of carboxylic acids is 1. The fraction of sp³-hybridized carbons (Fsp3) is 0.296. The highest BCUT2D eigenvalue weighted by atomic mass is 16.6. The van der Waals surface area contributed by atoms with E-state index >= 15 is 0 Å². The highest BCUT2D eigenvalue weighted by Crippen LogP contribution is 2.22. The molecule has 3 aromatic rings. The summed E-state index contributed by atoms with van der Waals surface area (Å²) in [5.41, 5.74) is 5.46. The van der Waals surface area contributed by atoms with Crippen LogP contribution >= 0.6 is 0 Å². The molecule has 0 saturated heterocycles. The van der Waals surface area contributed by atoms with Crippen LogP contribution in [-0.4, -0.2) is 35.0 Å². The molecular weight excluding hydrogens is 416 g/mol. The van der Waals surface area contributed by atoms with E-state index in [1.54, 1.807) is 18.3 Å². The van der Waals surface area contributed by atoms with Gasteiger partial charge in [0.2, 0.25) is 0 Å². The van der Waals surface area contributed by atoms with Crippen LogP contribution in [0.15, 0.2) is 72.0 Å². The lowest BCUT2D eigenvalue weighted by molar-refractivity contribution is -0.136. The number of pyridine rings is 1. The first-order valence-corrected chi connectivity index (χ1v) is 11.1. The number of carbonyl (C=O) groups is 1. The molecular formula is C27H30N2O4. The topological polar surface area (TPSA) is 81.0 Å². The average Bonchev–Trinajstić information content (AvgIpc) is 2.80. The Morgan fingerprint density at radius 3 is 2.48 bits per heavy atom. The molecule has 6 nitrogen and oxygen atoms in total. The Labute approximate surface area is 194 Å². The number of rotatable bonds is 11. The number of oxime groups is 1. The van der Waals surface area contributed by atoms with Gasteiger partial charge in [-0.2, -0.15) is 0 Å². The van der Waals surface area contributed by atoms with Crippen LogP contribution in [0.4, 0.5) is 0 Å². The van der Waals surface area contributed by atoms with Crippen molar-refractivity contribution in [2.75, 3.05) is 13.2 Å². The summed E-state index contributed by atoms with van der Waals surface area (Å²) in [4.78, 5) is 21.0. The van der Waals surface area contributed by atoms with Crippen LogP contribution in [0.5, 0.6) is 5.75 Å². The third kappa shape index (κ3) is 7.17. The average molecular weight is 447 g/mol. The number of aliphatic carboxylic acids is 1. The van der Waals surface area contributed by atoms with Crippen molar-refractivity contribution in [1.29, 1.82) is 0 Å². The van der Waals surface area contributed by atoms with Crippen LogP contribution in [0.3, 0.4) is 0 Å². The van der Waals surface area contributed by atoms with Gasteiger partial charge < -0.3 is 14.7 Å². The van der Waals surface area contributed by atoms with Crippen molar-refractivity contribution in [2.24, 2.45) is 11.1 Å². The van der Waals surface area contributed by atoms with Gasteiger partial charge in [0, 0.05) is 11.8 Å². The highest BCUT2D eigenvalue weighted by Gasteiger charge is 2.10. The minimum absolute atomic E-state index is 0.0263. The Hall–Kier alpha value is -3.67. The van der Waals surface area contributed by atoms with E-state index in [1.165, 1.54) is 0 Å². The van der Waals surface area contributed by atoms with Gasteiger partial charge in [-0.1, -0.05) is 61.5 Å². The third-order valence-corrected chi connectivity index (χ3v) is 5.13. The standard InChI is InChI=1S/C27H30N2O4/c1-19(2)17-25(22-12-10-21(11-13-22)24-8-4-5-14-28-24)29-33-16-15-32-26-9-6-7-23(20(26)3)18-27(30)31/h4-14,19H,15-18H2,1-3H3,(H,30,31). The largest absolute Gasteiger partial charge is 0.490 e. The summed E-state index contributed by atoms with van der Waals surface area (Å²) in [6.45, 7) is 6.76. The van der Waals surface area contributed by atoms with Crippen molar-refractivity contribution in [1.82, 2.24) is 4.98 Å². The Morgan fingerprint density at radius 1 is 1.03 bits per heavy atom. The second kappa shape index (κ2) is 11.8. The number of hydrogen-bond acceptors (Lipinski definition) is 5. The highest BCUT2D eigenvalue weighted by molar-refractivity contribution is 6.00. The summed E-state index contributed by atoms with van der Waals surface area (Å²) in [5.74, 6) is 0.228. The van der Waals surface area contributed by atoms with Crippen LogP contribution in [0.2, 0.25) is 0 Å². The number of ether oxygens (including phenoxy) is 1. The van der Waals surface area contributed by atoms with Crippen LogP contribution in [0.1, 0.15) is 37.0 Å². The Morgan fingerprint density at radius 2 is 1.82 bits per heavy atom. The zero-order valence-electron chi connectivity index (χ0n) is 19.3. The monoisotopic (exact) mass is 446 g/mol. The molecule has 0 aliphatic rings. The summed E-state index contributed by atoms with van der Waals surface area (Å²) in [5, 5.41) is 13.4. The molecule has 0 amide bonds. The fourth-order valence-electron chi connectivity index (χ4n) is 3.44. The number of benzene rings is 2. The van der Waals surface area contributed by atoms with E-state index in [-0.39, 0.29) is 13.0 Å². The molecule has 1 N–H and O–H groups in total. The summed E-state index contributed by atoms with van der Waals surface area (Å²) >= 11 is 0. The molecule has 1 heterocycles. The molecule has 0 spiro atoms. The fourth-order valence-corrected chi connectivity index (χ4v) is 3.44. The van der Waals surface area contributed by atoms with Crippen LogP contribution in [-0.2, 0) is 16.1 Å². The van der Waals surface area contributed by atoms with E-state index in [9.17, 15) is 4.79 Å². The maximum Gasteiger partial charge on any atom is 0.307 e. The molecule has 33 heavy (non-hydrogen) atoms. The molecule has 0 unspecified atom stereocenters. The number of carboxylic acid groups (broad SMARTS) is 1. The molecule has 0 fully saturated rings. The molecule has 0 aliphatic heterocycles. The van der Waals surface area contributed by atoms with Crippen LogP contribution in [0.25, 0.3) is 11.3 Å². The van der Waals surface area contributed by atoms with Gasteiger partial charge in [-0.25, -0.2) is 0 Å². The molecule has 0 radical (unpaired) electrons. The second-order valence-corrected chi connectivity index (χ2v) is 8.22. The lowest BCUT2D eigenvalue weighted by atomic mass is 9.99. The van der Waals surface area contributed by atoms with Gasteiger partial charge in [0.05, 0.1) is 17.8 Å². The van der Waals surface area contributed by atoms with Crippen molar-refractivity contribution < 1.29 is 19.5 Å². The summed E-state index contributed by atoms with van der Waals surface area (Å²) < 4.78 is 5.80. The number of hydrogen-bond donors (Lipinski definition) is 1. The lowest BCUT2D eigenvalue weighted by Gasteiger charge is -2.12. The number of nitrogens with zero attached hydrogens (tertiary/aromatic N) is 2. The van der Waals surface area contributed by atoms with Crippen molar-refractivity contribution in [3.05, 3.63) is 83.6 Å². The summed E-state index contributed by atoms with van der Waals surface area (Å²) in [6.07, 6.45) is 2.55. The lowest BCUT2D eigenvalue weighted by Crippen LogP contribution is -2.10. The van der Waals surface area contributed by atoms with E-state index in [1.807, 2.05) is 55.5 Å². The maximum atomic E-state index is 11.0. The molecule has 0 aliphatic carbocycles. The zero-order chi connectivity index (χ0) is 23.6. The first-order chi connectivity index (χ1) is 15.9. The predicted octanol–water partition coefficient (Wildman–Crippen LogP) is 5.53. The minimum atomic E-state index is -0.862. The molecule has 172 valence electrons. The van der Waals surface area contributed by atoms with Gasteiger partial charge in [0.25, 0.3) is 0 Å². The van der Waals surface area contributed by atoms with Gasteiger partial charge in [-0.3, -0.25) is 9.78 Å². The van der Waals surface area contributed by atoms with E-state index in [0.29, 0.717) is 18.3 Å². The van der Waals surface area contributed by atoms with Crippen molar-refractivity contribution in [2.45, 2.75) is 33.6 Å². The van der Waals surface area contributed by atoms with E-state index < -0.39 is 5.97 Å². The first-order valence-electron chi connectivity index (χ1n) is 11.1. The molecule has 0 bridgehead atoms. The van der Waals surface area contributed by atoms with Gasteiger partial charge in [-0.05, 0) is 54.2 Å². The Kier molecular flexibility index (Phi) is 8.58. The van der Waals surface area contributed by atoms with Gasteiger partial charge in [-0.15, -0.1) is 0 Å². The maximum absolute atomic E-state index is 11.0. The molecule has 1 aromatic heterocycles. The van der Waals surface area contributed by atoms with E-state index in [0.717, 1.165) is 40.1 Å². The summed E-state index contributed by atoms with van der Waals surface area (Å²) in [7, 11) is 0. The van der Waals surface area contributed by atoms with Gasteiger partial charge >= 0.3 is 5.97 Å². The van der Waals surface area contributed by atoms with E-state index in [2.05, 4.69) is 24.0 Å². The molecule has 6 heteroatoms. The first kappa shape index (κ1) is 24.0. The Balaban J connectivity index is 1.61. The van der Waals surface area contributed by atoms with Crippen LogP contribution in [0, 0.1) is 12.8 Å². The smallest absolute Gasteiger partial charge is 0.307 e. The predicted molar refractivity (Wildman–Crippen MR) is 130 cm³/mol. The summed E-state index contributed by atoms with van der Waals surface area (Å²) in [6, 6.07) is 19.5. The minimum Gasteiger partial charge on any atom is -0.490 e. The van der Waals surface area contributed by atoms with Gasteiger partial charge in [0.1, 0.15) is 12.4 Å². The van der Waals surface area contributed by atoms with Crippen molar-refractivity contribution in [3.63, 3.8) is 0 Å². The van der Waals surface area contributed by atoms with Crippen molar-refractivity contribution >= 4 is 11.7 Å². The normalized spacial score (nSPS) is 11.5. The number of aromatic nitrogens is 1. The molecule has 0 saturated carbocycles. The van der Waals surface area contributed by atoms with E-state index in [4.69, 9.17) is 14.7 Å². The quantitative estimate of drug-likeness (QED) is 0.238.